The Morgan fingerprint density at radius 1 is 1.32 bits per heavy atom. The molecule has 7 heteroatoms. The number of carboxylic acids is 1. The first-order valence-electron chi connectivity index (χ1n) is 6.32. The van der Waals surface area contributed by atoms with Crippen LogP contribution in [-0.2, 0) is 19.1 Å². The molecule has 1 rings (SSSR count). The van der Waals surface area contributed by atoms with E-state index in [1.165, 1.54) is 4.90 Å². The number of aliphatic carboxylic acids is 1. The number of ether oxygens (including phenoxy) is 1. The molecule has 6 nitrogen and oxygen atoms in total. The lowest BCUT2D eigenvalue weighted by atomic mass is 10.0. The number of likely N-dealkylation sites (tertiary alicyclic amines) is 1. The molecular weight excluding hydrogens is 270 g/mol. The van der Waals surface area contributed by atoms with Crippen LogP contribution in [0.3, 0.4) is 0 Å². The number of amides is 1. The minimum absolute atomic E-state index is 0.0855. The summed E-state index contributed by atoms with van der Waals surface area (Å²) in [4.78, 5) is 35.7. The maximum atomic E-state index is 12.0. The fraction of sp³-hybridized carbons (Fsp3) is 0.750. The summed E-state index contributed by atoms with van der Waals surface area (Å²) in [6.45, 7) is 2.57. The Bertz CT molecular complexity index is 347. The average Bonchev–Trinajstić information content (AvgIpc) is 2.38. The van der Waals surface area contributed by atoms with Gasteiger partial charge in [-0.05, 0) is 26.2 Å². The molecule has 1 N–H and O–H groups in total. The molecule has 1 saturated heterocycles. The highest BCUT2D eigenvalue weighted by molar-refractivity contribution is 8.00. The van der Waals surface area contributed by atoms with E-state index in [4.69, 9.17) is 9.84 Å². The van der Waals surface area contributed by atoms with Crippen LogP contribution in [0.1, 0.15) is 26.2 Å². The van der Waals surface area contributed by atoms with Crippen LogP contribution >= 0.6 is 11.8 Å². The van der Waals surface area contributed by atoms with Gasteiger partial charge in [0.1, 0.15) is 6.04 Å². The Morgan fingerprint density at radius 2 is 2.05 bits per heavy atom. The predicted molar refractivity (Wildman–Crippen MR) is 70.9 cm³/mol. The minimum Gasteiger partial charge on any atom is -0.481 e. The Labute approximate surface area is 116 Å². The first kappa shape index (κ1) is 15.8. The van der Waals surface area contributed by atoms with Crippen LogP contribution in [0.2, 0.25) is 0 Å². The number of hydrogen-bond acceptors (Lipinski definition) is 5. The number of carbonyl (C=O) groups excluding carboxylic acids is 2. The molecular formula is C12H19NO5S. The monoisotopic (exact) mass is 289 g/mol. The SMILES string of the molecule is CCOC(=O)C1CCCCN1C(=O)CSCC(=O)O. The average molecular weight is 289 g/mol. The molecule has 1 unspecified atom stereocenters. The zero-order chi connectivity index (χ0) is 14.3. The van der Waals surface area contributed by atoms with Crippen molar-refractivity contribution in [3.8, 4) is 0 Å². The molecule has 0 aromatic carbocycles. The molecule has 19 heavy (non-hydrogen) atoms. The second-order valence-electron chi connectivity index (χ2n) is 4.24. The Kier molecular flexibility index (Phi) is 6.69. The normalized spacial score (nSPS) is 19.0. The van der Waals surface area contributed by atoms with E-state index >= 15 is 0 Å². The third-order valence-corrected chi connectivity index (χ3v) is 3.74. The van der Waals surface area contributed by atoms with Gasteiger partial charge < -0.3 is 14.7 Å². The molecule has 1 atom stereocenters. The van der Waals surface area contributed by atoms with E-state index in [9.17, 15) is 14.4 Å². The summed E-state index contributed by atoms with van der Waals surface area (Å²) >= 11 is 1.05. The van der Waals surface area contributed by atoms with E-state index < -0.39 is 12.0 Å². The van der Waals surface area contributed by atoms with Gasteiger partial charge in [0.2, 0.25) is 5.91 Å². The van der Waals surface area contributed by atoms with Crippen LogP contribution in [0.15, 0.2) is 0 Å². The lowest BCUT2D eigenvalue weighted by molar-refractivity contribution is -0.155. The number of rotatable bonds is 6. The van der Waals surface area contributed by atoms with Gasteiger partial charge in [-0.15, -0.1) is 11.8 Å². The number of hydrogen-bond donors (Lipinski definition) is 1. The second kappa shape index (κ2) is 8.04. The number of nitrogens with zero attached hydrogens (tertiary/aromatic N) is 1. The number of carboxylic acid groups (broad SMARTS) is 1. The number of thioether (sulfide) groups is 1. The third kappa shape index (κ3) is 5.10. The van der Waals surface area contributed by atoms with Crippen molar-refractivity contribution < 1.29 is 24.2 Å². The first-order valence-corrected chi connectivity index (χ1v) is 7.47. The van der Waals surface area contributed by atoms with Crippen LogP contribution in [0.25, 0.3) is 0 Å². The fourth-order valence-corrected chi connectivity index (χ4v) is 2.64. The Balaban J connectivity index is 2.53. The largest absolute Gasteiger partial charge is 0.481 e. The molecule has 0 spiro atoms. The lowest BCUT2D eigenvalue weighted by Gasteiger charge is -2.33. The molecule has 0 aliphatic carbocycles. The Hall–Kier alpha value is -1.24. The molecule has 0 radical (unpaired) electrons. The van der Waals surface area contributed by atoms with E-state index in [0.717, 1.165) is 24.6 Å². The van der Waals surface area contributed by atoms with E-state index in [-0.39, 0.29) is 23.4 Å². The quantitative estimate of drug-likeness (QED) is 0.726. The van der Waals surface area contributed by atoms with Gasteiger partial charge in [0.05, 0.1) is 18.1 Å². The van der Waals surface area contributed by atoms with Crippen molar-refractivity contribution in [3.63, 3.8) is 0 Å². The van der Waals surface area contributed by atoms with E-state index in [1.54, 1.807) is 6.92 Å². The second-order valence-corrected chi connectivity index (χ2v) is 5.22. The number of carbonyl (C=O) groups is 3. The van der Waals surface area contributed by atoms with Crippen molar-refractivity contribution in [1.29, 1.82) is 0 Å². The van der Waals surface area contributed by atoms with Gasteiger partial charge in [0.25, 0.3) is 0 Å². The van der Waals surface area contributed by atoms with Gasteiger partial charge in [-0.2, -0.15) is 0 Å². The Morgan fingerprint density at radius 3 is 2.68 bits per heavy atom. The minimum atomic E-state index is -0.946. The van der Waals surface area contributed by atoms with Crippen molar-refractivity contribution in [2.45, 2.75) is 32.2 Å². The number of esters is 1. The topological polar surface area (TPSA) is 83.9 Å². The summed E-state index contributed by atoms with van der Waals surface area (Å²) in [5.74, 6) is -1.52. The summed E-state index contributed by atoms with van der Waals surface area (Å²) in [6, 6.07) is -0.508. The molecule has 1 amide bonds. The maximum Gasteiger partial charge on any atom is 0.328 e. The van der Waals surface area contributed by atoms with Gasteiger partial charge in [0.15, 0.2) is 0 Å². The summed E-state index contributed by atoms with van der Waals surface area (Å²) < 4.78 is 4.97. The van der Waals surface area contributed by atoms with Crippen molar-refractivity contribution in [2.24, 2.45) is 0 Å². The molecule has 1 aliphatic rings. The van der Waals surface area contributed by atoms with E-state index in [2.05, 4.69) is 0 Å². The molecule has 1 aliphatic heterocycles. The highest BCUT2D eigenvalue weighted by atomic mass is 32.2. The summed E-state index contributed by atoms with van der Waals surface area (Å²) in [6.07, 6.45) is 2.38. The maximum absolute atomic E-state index is 12.0. The summed E-state index contributed by atoms with van der Waals surface area (Å²) in [5, 5.41) is 8.53. The molecule has 0 aromatic heterocycles. The van der Waals surface area contributed by atoms with E-state index in [0.29, 0.717) is 19.6 Å². The molecule has 108 valence electrons. The summed E-state index contributed by atoms with van der Waals surface area (Å²) in [7, 11) is 0. The van der Waals surface area contributed by atoms with Gasteiger partial charge in [0, 0.05) is 6.54 Å². The zero-order valence-corrected chi connectivity index (χ0v) is 11.8. The van der Waals surface area contributed by atoms with E-state index in [1.807, 2.05) is 0 Å². The van der Waals surface area contributed by atoms with Crippen molar-refractivity contribution in [1.82, 2.24) is 4.90 Å². The standard InChI is InChI=1S/C12H19NO5S/c1-2-18-12(17)9-5-3-4-6-13(9)10(14)7-19-8-11(15)16/h9H,2-8H2,1H3,(H,15,16). The molecule has 0 saturated carbocycles. The predicted octanol–water partition coefficient (Wildman–Crippen LogP) is 0.748. The highest BCUT2D eigenvalue weighted by Crippen LogP contribution is 2.19. The smallest absolute Gasteiger partial charge is 0.328 e. The summed E-state index contributed by atoms with van der Waals surface area (Å²) in [5.41, 5.74) is 0. The van der Waals surface area contributed by atoms with Crippen molar-refractivity contribution in [3.05, 3.63) is 0 Å². The van der Waals surface area contributed by atoms with Crippen molar-refractivity contribution >= 4 is 29.6 Å². The molecule has 0 aromatic rings. The number of piperidine rings is 1. The lowest BCUT2D eigenvalue weighted by Crippen LogP contribution is -2.49. The van der Waals surface area contributed by atoms with Crippen LogP contribution in [0, 0.1) is 0 Å². The third-order valence-electron chi connectivity index (χ3n) is 2.83. The van der Waals surface area contributed by atoms with Crippen LogP contribution < -0.4 is 0 Å². The first-order chi connectivity index (χ1) is 9.06. The van der Waals surface area contributed by atoms with Gasteiger partial charge in [-0.25, -0.2) is 4.79 Å². The fourth-order valence-electron chi connectivity index (χ4n) is 2.02. The van der Waals surface area contributed by atoms with Gasteiger partial charge in [-0.1, -0.05) is 0 Å². The molecule has 0 bridgehead atoms. The van der Waals surface area contributed by atoms with Crippen LogP contribution in [0.5, 0.6) is 0 Å². The van der Waals surface area contributed by atoms with Crippen molar-refractivity contribution in [2.75, 3.05) is 24.7 Å². The van der Waals surface area contributed by atoms with Crippen LogP contribution in [0.4, 0.5) is 0 Å². The van der Waals surface area contributed by atoms with Crippen LogP contribution in [-0.4, -0.2) is 58.6 Å². The van der Waals surface area contributed by atoms with Gasteiger partial charge >= 0.3 is 11.9 Å². The molecule has 1 heterocycles. The highest BCUT2D eigenvalue weighted by Gasteiger charge is 2.32. The zero-order valence-electron chi connectivity index (χ0n) is 11.0. The molecule has 1 fully saturated rings. The van der Waals surface area contributed by atoms with Gasteiger partial charge in [-0.3, -0.25) is 9.59 Å².